The Bertz CT molecular complexity index is 587. The van der Waals surface area contributed by atoms with Crippen LogP contribution in [-0.4, -0.2) is 31.6 Å². The Hall–Kier alpha value is -1.20. The number of sulfonamides is 1. The average molecular weight is 309 g/mol. The van der Waals surface area contributed by atoms with Gasteiger partial charge in [0, 0.05) is 25.1 Å². The van der Waals surface area contributed by atoms with Gasteiger partial charge in [-0.15, -0.1) is 0 Å². The maximum atomic E-state index is 12.7. The van der Waals surface area contributed by atoms with Crippen molar-refractivity contribution < 1.29 is 13.2 Å². The molecule has 2 rings (SSSR count). The lowest BCUT2D eigenvalue weighted by Gasteiger charge is -2.24. The van der Waals surface area contributed by atoms with Gasteiger partial charge in [-0.1, -0.05) is 38.3 Å². The van der Waals surface area contributed by atoms with Crippen molar-refractivity contribution in [1.29, 1.82) is 0 Å². The molecule has 0 N–H and O–H groups in total. The first kappa shape index (κ1) is 16.2. The van der Waals surface area contributed by atoms with Crippen LogP contribution in [0.3, 0.4) is 0 Å². The predicted octanol–water partition coefficient (Wildman–Crippen LogP) is 3.23. The summed E-state index contributed by atoms with van der Waals surface area (Å²) in [5.41, 5.74) is 0.477. The van der Waals surface area contributed by atoms with Crippen LogP contribution in [0.2, 0.25) is 0 Å². The highest BCUT2D eigenvalue weighted by molar-refractivity contribution is 7.89. The summed E-state index contributed by atoms with van der Waals surface area (Å²) in [7, 11) is -3.48. The molecule has 0 saturated carbocycles. The molecule has 1 aliphatic rings. The van der Waals surface area contributed by atoms with Crippen molar-refractivity contribution in [3.05, 3.63) is 29.8 Å². The number of hydrogen-bond donors (Lipinski definition) is 0. The fourth-order valence-corrected chi connectivity index (χ4v) is 4.21. The van der Waals surface area contributed by atoms with Gasteiger partial charge in [0.15, 0.2) is 5.78 Å². The van der Waals surface area contributed by atoms with Crippen molar-refractivity contribution >= 4 is 15.8 Å². The molecule has 4 nitrogen and oxygen atoms in total. The lowest BCUT2D eigenvalue weighted by atomic mass is 10.1. The van der Waals surface area contributed by atoms with Crippen molar-refractivity contribution in [2.75, 3.05) is 13.1 Å². The first-order valence-corrected chi connectivity index (χ1v) is 9.13. The van der Waals surface area contributed by atoms with Gasteiger partial charge in [-0.05, 0) is 25.0 Å². The molecule has 1 fully saturated rings. The SMILES string of the molecule is CCC(=O)c1cccc(S(=O)(=O)N2CCCCCCC2)c1. The molecule has 1 heterocycles. The largest absolute Gasteiger partial charge is 0.294 e. The van der Waals surface area contributed by atoms with E-state index in [4.69, 9.17) is 0 Å². The first-order valence-electron chi connectivity index (χ1n) is 7.69. The van der Waals surface area contributed by atoms with E-state index < -0.39 is 10.0 Å². The first-order chi connectivity index (χ1) is 10.1. The van der Waals surface area contributed by atoms with Crippen LogP contribution in [0.5, 0.6) is 0 Å². The standard InChI is InChI=1S/C16H23NO3S/c1-2-16(18)14-9-8-10-15(13-14)21(19,20)17-11-6-4-3-5-7-12-17/h8-10,13H,2-7,11-12H2,1H3. The molecule has 5 heteroatoms. The third-order valence-electron chi connectivity index (χ3n) is 3.93. The summed E-state index contributed by atoms with van der Waals surface area (Å²) in [4.78, 5) is 12.0. The Morgan fingerprint density at radius 2 is 1.71 bits per heavy atom. The topological polar surface area (TPSA) is 54.5 Å². The quantitative estimate of drug-likeness (QED) is 0.802. The van der Waals surface area contributed by atoms with Crippen LogP contribution in [0.15, 0.2) is 29.2 Å². The van der Waals surface area contributed by atoms with Gasteiger partial charge in [-0.25, -0.2) is 8.42 Å². The van der Waals surface area contributed by atoms with E-state index in [0.717, 1.165) is 25.7 Å². The van der Waals surface area contributed by atoms with Crippen molar-refractivity contribution in [3.8, 4) is 0 Å². The number of carbonyl (C=O) groups excluding carboxylic acids is 1. The van der Waals surface area contributed by atoms with Gasteiger partial charge in [0.05, 0.1) is 4.90 Å². The number of benzene rings is 1. The molecule has 0 spiro atoms. The molecule has 0 aromatic heterocycles. The summed E-state index contributed by atoms with van der Waals surface area (Å²) in [6.07, 6.45) is 5.56. The van der Waals surface area contributed by atoms with Gasteiger partial charge in [0.1, 0.15) is 0 Å². The van der Waals surface area contributed by atoms with E-state index in [-0.39, 0.29) is 10.7 Å². The van der Waals surface area contributed by atoms with Gasteiger partial charge < -0.3 is 0 Å². The minimum atomic E-state index is -3.48. The van der Waals surface area contributed by atoms with Crippen LogP contribution in [0.25, 0.3) is 0 Å². The molecule has 1 aromatic carbocycles. The van der Waals surface area contributed by atoms with Crippen molar-refractivity contribution in [1.82, 2.24) is 4.31 Å². The van der Waals surface area contributed by atoms with Gasteiger partial charge in [-0.2, -0.15) is 4.31 Å². The van der Waals surface area contributed by atoms with E-state index in [2.05, 4.69) is 0 Å². The lowest BCUT2D eigenvalue weighted by molar-refractivity contribution is 0.0988. The van der Waals surface area contributed by atoms with E-state index in [1.807, 2.05) is 0 Å². The van der Waals surface area contributed by atoms with E-state index in [0.29, 0.717) is 25.1 Å². The fourth-order valence-electron chi connectivity index (χ4n) is 2.64. The number of carbonyl (C=O) groups is 1. The van der Waals surface area contributed by atoms with E-state index >= 15 is 0 Å². The zero-order valence-corrected chi connectivity index (χ0v) is 13.4. The Morgan fingerprint density at radius 3 is 2.33 bits per heavy atom. The van der Waals surface area contributed by atoms with E-state index in [1.165, 1.54) is 12.5 Å². The minimum Gasteiger partial charge on any atom is -0.294 e. The minimum absolute atomic E-state index is 0.0280. The molecular weight excluding hydrogens is 286 g/mol. The van der Waals surface area contributed by atoms with Gasteiger partial charge in [-0.3, -0.25) is 4.79 Å². The van der Waals surface area contributed by atoms with Crippen LogP contribution in [0.4, 0.5) is 0 Å². The second-order valence-corrected chi connectivity index (χ2v) is 7.41. The number of ketones is 1. The van der Waals surface area contributed by atoms with Crippen LogP contribution >= 0.6 is 0 Å². The lowest BCUT2D eigenvalue weighted by Crippen LogP contribution is -2.33. The van der Waals surface area contributed by atoms with Crippen LogP contribution in [0.1, 0.15) is 55.8 Å². The third kappa shape index (κ3) is 3.92. The molecule has 0 radical (unpaired) electrons. The highest BCUT2D eigenvalue weighted by atomic mass is 32.2. The molecule has 0 amide bonds. The van der Waals surface area contributed by atoms with Crippen molar-refractivity contribution in [3.63, 3.8) is 0 Å². The Kier molecular flexibility index (Phi) is 5.53. The fraction of sp³-hybridized carbons (Fsp3) is 0.562. The number of nitrogens with zero attached hydrogens (tertiary/aromatic N) is 1. The van der Waals surface area contributed by atoms with Crippen LogP contribution in [-0.2, 0) is 10.0 Å². The maximum Gasteiger partial charge on any atom is 0.243 e. The summed E-state index contributed by atoms with van der Waals surface area (Å²) in [6.45, 7) is 2.93. The molecular formula is C16H23NO3S. The van der Waals surface area contributed by atoms with Crippen molar-refractivity contribution in [2.45, 2.75) is 50.3 Å². The second kappa shape index (κ2) is 7.18. The summed E-state index contributed by atoms with van der Waals surface area (Å²) < 4.78 is 27.0. The maximum absolute atomic E-state index is 12.7. The molecule has 1 aromatic rings. The monoisotopic (exact) mass is 309 g/mol. The summed E-state index contributed by atoms with van der Waals surface area (Å²) in [5, 5.41) is 0. The molecule has 21 heavy (non-hydrogen) atoms. The van der Waals surface area contributed by atoms with E-state index in [1.54, 1.807) is 29.4 Å². The number of hydrogen-bond acceptors (Lipinski definition) is 3. The van der Waals surface area contributed by atoms with E-state index in [9.17, 15) is 13.2 Å². The predicted molar refractivity (Wildman–Crippen MR) is 82.9 cm³/mol. The van der Waals surface area contributed by atoms with Gasteiger partial charge in [0.25, 0.3) is 0 Å². The smallest absolute Gasteiger partial charge is 0.243 e. The number of rotatable bonds is 4. The van der Waals surface area contributed by atoms with Gasteiger partial charge in [0.2, 0.25) is 10.0 Å². The molecule has 0 bridgehead atoms. The molecule has 0 unspecified atom stereocenters. The normalized spacial score (nSPS) is 18.0. The molecule has 116 valence electrons. The summed E-state index contributed by atoms with van der Waals surface area (Å²) >= 11 is 0. The molecule has 1 saturated heterocycles. The highest BCUT2D eigenvalue weighted by Gasteiger charge is 2.25. The average Bonchev–Trinajstić information content (AvgIpc) is 2.46. The molecule has 0 aliphatic carbocycles. The highest BCUT2D eigenvalue weighted by Crippen LogP contribution is 2.21. The number of Topliss-reactive ketones (excluding diaryl/α,β-unsaturated/α-hetero) is 1. The Balaban J connectivity index is 2.27. The van der Waals surface area contributed by atoms with Crippen LogP contribution in [0, 0.1) is 0 Å². The third-order valence-corrected chi connectivity index (χ3v) is 5.82. The Labute approximate surface area is 127 Å². The summed E-state index contributed by atoms with van der Waals surface area (Å²) in [6, 6.07) is 6.43. The zero-order chi connectivity index (χ0) is 15.3. The van der Waals surface area contributed by atoms with Gasteiger partial charge >= 0.3 is 0 Å². The summed E-state index contributed by atoms with van der Waals surface area (Å²) in [5.74, 6) is -0.0280. The van der Waals surface area contributed by atoms with Crippen LogP contribution < -0.4 is 0 Å². The molecule has 1 aliphatic heterocycles. The molecule has 0 atom stereocenters. The Morgan fingerprint density at radius 1 is 1.10 bits per heavy atom. The second-order valence-electron chi connectivity index (χ2n) is 5.48. The van der Waals surface area contributed by atoms with Crippen molar-refractivity contribution in [2.24, 2.45) is 0 Å². The zero-order valence-electron chi connectivity index (χ0n) is 12.5.